The van der Waals surface area contributed by atoms with Crippen LogP contribution in [0.4, 0.5) is 14.5 Å². The molecule has 3 aliphatic rings. The van der Waals surface area contributed by atoms with E-state index in [2.05, 4.69) is 37.7 Å². The number of halogens is 2. The molecule has 0 unspecified atom stereocenters. The maximum atomic E-state index is 13.8. The number of nitrogens with zero attached hydrogens (tertiary/aromatic N) is 1. The van der Waals surface area contributed by atoms with E-state index < -0.39 is 18.1 Å². The van der Waals surface area contributed by atoms with Crippen molar-refractivity contribution in [3.8, 4) is 5.75 Å². The van der Waals surface area contributed by atoms with Gasteiger partial charge in [0, 0.05) is 44.5 Å². The van der Waals surface area contributed by atoms with Crippen LogP contribution in [0, 0.1) is 11.3 Å². The molecule has 11 heteroatoms. The fraction of sp³-hybridized carbons (Fsp3) is 0.485. The molecule has 2 saturated heterocycles. The molecule has 1 spiro atoms. The van der Waals surface area contributed by atoms with Crippen LogP contribution in [-0.4, -0.2) is 74.2 Å². The van der Waals surface area contributed by atoms with Crippen LogP contribution in [-0.2, 0) is 25.5 Å². The summed E-state index contributed by atoms with van der Waals surface area (Å²) in [5.41, 5.74) is 0.832. The molecule has 0 bridgehead atoms. The molecule has 3 heterocycles. The molecule has 2 fully saturated rings. The topological polar surface area (TPSA) is 109 Å². The normalized spacial score (nSPS) is 25.1. The van der Waals surface area contributed by atoms with E-state index in [0.29, 0.717) is 70.5 Å². The van der Waals surface area contributed by atoms with E-state index in [0.717, 1.165) is 5.56 Å². The van der Waals surface area contributed by atoms with Crippen LogP contribution in [0.25, 0.3) is 0 Å². The molecule has 3 atom stereocenters. The van der Waals surface area contributed by atoms with E-state index in [9.17, 15) is 23.2 Å². The lowest BCUT2D eigenvalue weighted by Gasteiger charge is -2.40. The Morgan fingerprint density at radius 2 is 1.80 bits per heavy atom. The highest BCUT2D eigenvalue weighted by atomic mass is 19.3. The highest BCUT2D eigenvalue weighted by molar-refractivity contribution is 5.92. The number of anilines is 1. The second-order valence-corrected chi connectivity index (χ2v) is 11.9. The van der Waals surface area contributed by atoms with Gasteiger partial charge < -0.3 is 25.4 Å². The molecule has 5 rings (SSSR count). The van der Waals surface area contributed by atoms with Gasteiger partial charge >= 0.3 is 6.61 Å². The highest BCUT2D eigenvalue weighted by Crippen LogP contribution is 2.36. The van der Waals surface area contributed by atoms with Gasteiger partial charge in [0.15, 0.2) is 0 Å². The first kappa shape index (κ1) is 31.6. The second kappa shape index (κ2) is 14.8. The van der Waals surface area contributed by atoms with Gasteiger partial charge in [-0.25, -0.2) is 0 Å². The minimum atomic E-state index is -2.91. The maximum Gasteiger partial charge on any atom is 0.387 e. The molecule has 3 amide bonds. The third-order valence-corrected chi connectivity index (χ3v) is 8.83. The number of allylic oxidation sites excluding steroid dienone is 2. The van der Waals surface area contributed by atoms with E-state index in [1.54, 1.807) is 0 Å². The summed E-state index contributed by atoms with van der Waals surface area (Å²) in [4.78, 5) is 42.4. The summed E-state index contributed by atoms with van der Waals surface area (Å²) in [6.07, 6.45) is 7.71. The van der Waals surface area contributed by atoms with Crippen molar-refractivity contribution < 1.29 is 32.6 Å². The zero-order valence-corrected chi connectivity index (χ0v) is 24.7. The van der Waals surface area contributed by atoms with Crippen LogP contribution in [0.1, 0.15) is 37.7 Å². The van der Waals surface area contributed by atoms with Gasteiger partial charge in [0.05, 0.1) is 12.0 Å². The largest absolute Gasteiger partial charge is 0.435 e. The number of hydrogen-bond donors (Lipinski definition) is 3. The molecule has 0 saturated carbocycles. The number of carbonyl (C=O) groups excluding carboxylic acids is 3. The molecule has 0 radical (unpaired) electrons. The minimum Gasteiger partial charge on any atom is -0.435 e. The number of piperidine rings is 1. The van der Waals surface area contributed by atoms with Crippen molar-refractivity contribution in [3.63, 3.8) is 0 Å². The number of likely N-dealkylation sites (tertiary alicyclic amines) is 1. The number of benzene rings is 2. The Kier molecular flexibility index (Phi) is 10.6. The Hall–Kier alpha value is -3.83. The molecule has 236 valence electrons. The standard InChI is InChI=1S/C33H40F2N4O5/c34-32(35)44-26-11-9-25(10-12-26)36-29(40)22-39-17-13-27-24(21-39)8-4-5-14-33(15-18-43-19-16-33)31(42)38-28(30(41)37-27)20-23-6-2-1-3-7-23/h1-7,9-12,24,27-28,32H,8,13-22H2,(H,36,40)(H,37,41)(H,38,42)/b5-4+/t24-,27+,28-/m0/s1. The monoisotopic (exact) mass is 610 g/mol. The molecule has 0 aromatic heterocycles. The first-order valence-corrected chi connectivity index (χ1v) is 15.2. The van der Waals surface area contributed by atoms with Gasteiger partial charge in [-0.3, -0.25) is 19.3 Å². The van der Waals surface area contributed by atoms with E-state index in [1.807, 2.05) is 30.3 Å². The van der Waals surface area contributed by atoms with Crippen molar-refractivity contribution >= 4 is 23.4 Å². The fourth-order valence-electron chi connectivity index (χ4n) is 6.32. The zero-order valence-electron chi connectivity index (χ0n) is 24.7. The van der Waals surface area contributed by atoms with Crippen LogP contribution in [0.2, 0.25) is 0 Å². The predicted octanol–water partition coefficient (Wildman–Crippen LogP) is 3.91. The number of fused-ring (bicyclic) bond motifs is 1. The number of carbonyl (C=O) groups is 3. The van der Waals surface area contributed by atoms with Crippen molar-refractivity contribution in [1.82, 2.24) is 15.5 Å². The van der Waals surface area contributed by atoms with Gasteiger partial charge in [0.25, 0.3) is 0 Å². The van der Waals surface area contributed by atoms with Gasteiger partial charge in [-0.2, -0.15) is 8.78 Å². The van der Waals surface area contributed by atoms with Gasteiger partial charge in [-0.1, -0.05) is 42.5 Å². The Bertz CT molecular complexity index is 1300. The van der Waals surface area contributed by atoms with Crippen LogP contribution in [0.3, 0.4) is 0 Å². The Labute approximate surface area is 256 Å². The molecule has 44 heavy (non-hydrogen) atoms. The third kappa shape index (κ3) is 8.41. The number of hydrogen-bond acceptors (Lipinski definition) is 6. The molecule has 2 aromatic rings. The minimum absolute atomic E-state index is 0.0194. The van der Waals surface area contributed by atoms with Gasteiger partial charge in [-0.15, -0.1) is 0 Å². The summed E-state index contributed by atoms with van der Waals surface area (Å²) >= 11 is 0. The first-order chi connectivity index (χ1) is 21.3. The number of rotatable bonds is 7. The van der Waals surface area contributed by atoms with E-state index in [1.165, 1.54) is 24.3 Å². The van der Waals surface area contributed by atoms with Crippen molar-refractivity contribution in [2.45, 2.75) is 57.2 Å². The smallest absolute Gasteiger partial charge is 0.387 e. The van der Waals surface area contributed by atoms with Crippen LogP contribution < -0.4 is 20.7 Å². The molecule has 2 aromatic carbocycles. The molecule has 3 aliphatic heterocycles. The lowest BCUT2D eigenvalue weighted by Crippen LogP contribution is -2.58. The van der Waals surface area contributed by atoms with E-state index in [-0.39, 0.29) is 42.0 Å². The predicted molar refractivity (Wildman–Crippen MR) is 161 cm³/mol. The lowest BCUT2D eigenvalue weighted by atomic mass is 9.75. The van der Waals surface area contributed by atoms with Crippen molar-refractivity contribution in [2.24, 2.45) is 11.3 Å². The molecule has 9 nitrogen and oxygen atoms in total. The lowest BCUT2D eigenvalue weighted by molar-refractivity contribution is -0.140. The number of nitrogens with one attached hydrogen (secondary N) is 3. The molecule has 3 N–H and O–H groups in total. The second-order valence-electron chi connectivity index (χ2n) is 11.9. The SMILES string of the molecule is O=C(CN1CC[C@H]2NC(=O)[C@H](Cc3ccccc3)NC(=O)C3(C/C=C/C[C@H]2C1)CCOCC3)Nc1ccc(OC(F)F)cc1. The van der Waals surface area contributed by atoms with Crippen molar-refractivity contribution in [2.75, 3.05) is 38.2 Å². The van der Waals surface area contributed by atoms with Gasteiger partial charge in [0.2, 0.25) is 17.7 Å². The third-order valence-electron chi connectivity index (χ3n) is 8.83. The summed E-state index contributed by atoms with van der Waals surface area (Å²) in [6.45, 7) is -0.522. The summed E-state index contributed by atoms with van der Waals surface area (Å²) < 4.78 is 34.8. The van der Waals surface area contributed by atoms with Crippen molar-refractivity contribution in [1.29, 1.82) is 0 Å². The fourth-order valence-corrected chi connectivity index (χ4v) is 6.32. The molecule has 0 aliphatic carbocycles. The summed E-state index contributed by atoms with van der Waals surface area (Å²) in [6, 6.07) is 14.7. The average Bonchev–Trinajstić information content (AvgIpc) is 3.01. The van der Waals surface area contributed by atoms with Crippen molar-refractivity contribution in [3.05, 3.63) is 72.3 Å². The number of amides is 3. The van der Waals surface area contributed by atoms with E-state index >= 15 is 0 Å². The first-order valence-electron chi connectivity index (χ1n) is 15.2. The average molecular weight is 611 g/mol. The highest BCUT2D eigenvalue weighted by Gasteiger charge is 2.41. The Morgan fingerprint density at radius 1 is 1.05 bits per heavy atom. The summed E-state index contributed by atoms with van der Waals surface area (Å²) in [5, 5.41) is 9.17. The molecular weight excluding hydrogens is 570 g/mol. The van der Waals surface area contributed by atoms with Crippen LogP contribution >= 0.6 is 0 Å². The van der Waals surface area contributed by atoms with E-state index in [4.69, 9.17) is 4.74 Å². The number of alkyl halides is 2. The van der Waals surface area contributed by atoms with Gasteiger partial charge in [0.1, 0.15) is 11.8 Å². The quantitative estimate of drug-likeness (QED) is 0.411. The summed E-state index contributed by atoms with van der Waals surface area (Å²) in [7, 11) is 0. The maximum absolute atomic E-state index is 13.8. The van der Waals surface area contributed by atoms with Crippen LogP contribution in [0.5, 0.6) is 5.75 Å². The molecular formula is C33H40F2N4O5. The van der Waals surface area contributed by atoms with Gasteiger partial charge in [-0.05, 0) is 67.9 Å². The summed E-state index contributed by atoms with van der Waals surface area (Å²) in [5.74, 6) is -0.428. The Balaban J connectivity index is 1.27. The number of ether oxygens (including phenoxy) is 2. The Morgan fingerprint density at radius 3 is 2.52 bits per heavy atom. The van der Waals surface area contributed by atoms with Crippen LogP contribution in [0.15, 0.2) is 66.7 Å². The zero-order chi connectivity index (χ0) is 30.9.